The Kier molecular flexibility index (Phi) is 3.30. The Labute approximate surface area is 94.3 Å². The highest BCUT2D eigenvalue weighted by atomic mass is 32.2. The summed E-state index contributed by atoms with van der Waals surface area (Å²) in [6.45, 7) is 2.07. The van der Waals surface area contributed by atoms with Crippen molar-refractivity contribution in [3.05, 3.63) is 60.2 Å². The van der Waals surface area contributed by atoms with Crippen LogP contribution >= 0.6 is 12.0 Å². The summed E-state index contributed by atoms with van der Waals surface area (Å²) >= 11 is 1.37. The molecule has 0 amide bonds. The van der Waals surface area contributed by atoms with Gasteiger partial charge in [-0.2, -0.15) is 0 Å². The van der Waals surface area contributed by atoms with Crippen LogP contribution in [0.5, 0.6) is 5.75 Å². The molecule has 2 aromatic carbocycles. The highest BCUT2D eigenvalue weighted by Gasteiger charge is 1.96. The van der Waals surface area contributed by atoms with Crippen LogP contribution in [0.1, 0.15) is 5.56 Å². The predicted octanol–water partition coefficient (Wildman–Crippen LogP) is 3.88. The topological polar surface area (TPSA) is 9.23 Å². The first-order valence-corrected chi connectivity index (χ1v) is 5.46. The third-order valence-electron chi connectivity index (χ3n) is 1.94. The molecule has 2 heteroatoms. The van der Waals surface area contributed by atoms with Crippen LogP contribution in [0.25, 0.3) is 0 Å². The van der Waals surface area contributed by atoms with E-state index < -0.39 is 0 Å². The smallest absolute Gasteiger partial charge is 0.137 e. The highest BCUT2D eigenvalue weighted by Crippen LogP contribution is 2.22. The molecule has 2 aromatic rings. The minimum Gasteiger partial charge on any atom is -0.421 e. The maximum absolute atomic E-state index is 5.53. The van der Waals surface area contributed by atoms with Gasteiger partial charge in [0.15, 0.2) is 0 Å². The van der Waals surface area contributed by atoms with Gasteiger partial charge in [0.2, 0.25) is 0 Å². The van der Waals surface area contributed by atoms with Crippen molar-refractivity contribution < 1.29 is 4.18 Å². The normalized spacial score (nSPS) is 9.93. The van der Waals surface area contributed by atoms with Crippen molar-refractivity contribution in [2.45, 2.75) is 11.8 Å². The predicted molar refractivity (Wildman–Crippen MR) is 62.9 cm³/mol. The first-order valence-electron chi connectivity index (χ1n) is 4.72. The summed E-state index contributed by atoms with van der Waals surface area (Å²) in [6.07, 6.45) is 0. The van der Waals surface area contributed by atoms with Crippen molar-refractivity contribution in [2.24, 2.45) is 0 Å². The summed E-state index contributed by atoms with van der Waals surface area (Å²) in [5.41, 5.74) is 1.26. The second-order valence-corrected chi connectivity index (χ2v) is 4.02. The Hall–Kier alpha value is -1.41. The molecule has 0 heterocycles. The Morgan fingerprint density at radius 3 is 2.33 bits per heavy atom. The second kappa shape index (κ2) is 4.89. The van der Waals surface area contributed by atoms with Gasteiger partial charge in [0.05, 0.1) is 12.0 Å². The minimum absolute atomic E-state index is 0.847. The van der Waals surface area contributed by atoms with Crippen LogP contribution in [0, 0.1) is 13.0 Å². The van der Waals surface area contributed by atoms with Crippen LogP contribution < -0.4 is 4.18 Å². The molecule has 0 atom stereocenters. The molecular formula is C13H11OS. The zero-order valence-corrected chi connectivity index (χ0v) is 9.25. The SMILES string of the molecule is Cc1ccc(SOc2cc[c]cc2)cc1. The zero-order valence-electron chi connectivity index (χ0n) is 8.44. The van der Waals surface area contributed by atoms with E-state index in [1.807, 2.05) is 24.3 Å². The van der Waals surface area contributed by atoms with Crippen molar-refractivity contribution >= 4 is 12.0 Å². The van der Waals surface area contributed by atoms with Gasteiger partial charge < -0.3 is 4.18 Å². The van der Waals surface area contributed by atoms with Gasteiger partial charge in [-0.3, -0.25) is 0 Å². The zero-order chi connectivity index (χ0) is 10.5. The molecule has 0 aromatic heterocycles. The Balaban J connectivity index is 1.96. The molecule has 0 fully saturated rings. The fraction of sp³-hybridized carbons (Fsp3) is 0.0769. The lowest BCUT2D eigenvalue weighted by molar-refractivity contribution is 0.646. The average Bonchev–Trinajstić information content (AvgIpc) is 2.30. The molecule has 0 bridgehead atoms. The number of aryl methyl sites for hydroxylation is 1. The van der Waals surface area contributed by atoms with E-state index in [0.29, 0.717) is 0 Å². The lowest BCUT2D eigenvalue weighted by Crippen LogP contribution is -1.81. The van der Waals surface area contributed by atoms with E-state index in [2.05, 4.69) is 37.3 Å². The van der Waals surface area contributed by atoms with Crippen molar-refractivity contribution in [3.8, 4) is 5.75 Å². The molecule has 0 aliphatic rings. The molecule has 0 saturated heterocycles. The molecule has 75 valence electrons. The van der Waals surface area contributed by atoms with Crippen LogP contribution in [-0.2, 0) is 0 Å². The number of benzene rings is 2. The second-order valence-electron chi connectivity index (χ2n) is 3.22. The monoisotopic (exact) mass is 215 g/mol. The Morgan fingerprint density at radius 1 is 1.00 bits per heavy atom. The van der Waals surface area contributed by atoms with Gasteiger partial charge in [0.25, 0.3) is 0 Å². The molecule has 0 aliphatic heterocycles. The standard InChI is InChI=1S/C13H11OS/c1-11-7-9-13(10-8-11)15-14-12-5-3-2-4-6-12/h3-10H,1H3. The van der Waals surface area contributed by atoms with Crippen molar-refractivity contribution in [2.75, 3.05) is 0 Å². The van der Waals surface area contributed by atoms with E-state index in [9.17, 15) is 0 Å². The van der Waals surface area contributed by atoms with E-state index >= 15 is 0 Å². The molecule has 0 saturated carbocycles. The van der Waals surface area contributed by atoms with Gasteiger partial charge in [-0.15, -0.1) is 0 Å². The largest absolute Gasteiger partial charge is 0.421 e. The van der Waals surface area contributed by atoms with Gasteiger partial charge in [-0.25, -0.2) is 0 Å². The van der Waals surface area contributed by atoms with Crippen LogP contribution in [0.3, 0.4) is 0 Å². The van der Waals surface area contributed by atoms with Crippen molar-refractivity contribution in [1.82, 2.24) is 0 Å². The summed E-state index contributed by atoms with van der Waals surface area (Å²) in [6, 6.07) is 18.7. The Bertz CT molecular complexity index is 408. The minimum atomic E-state index is 0.847. The van der Waals surface area contributed by atoms with E-state index in [1.165, 1.54) is 17.6 Å². The van der Waals surface area contributed by atoms with Gasteiger partial charge in [-0.1, -0.05) is 29.8 Å². The van der Waals surface area contributed by atoms with E-state index in [-0.39, 0.29) is 0 Å². The summed E-state index contributed by atoms with van der Waals surface area (Å²) in [4.78, 5) is 1.11. The summed E-state index contributed by atoms with van der Waals surface area (Å²) in [5, 5.41) is 0. The van der Waals surface area contributed by atoms with Crippen LogP contribution in [0.2, 0.25) is 0 Å². The van der Waals surface area contributed by atoms with Gasteiger partial charge in [0, 0.05) is 4.90 Å². The van der Waals surface area contributed by atoms with Gasteiger partial charge >= 0.3 is 0 Å². The fourth-order valence-corrected chi connectivity index (χ4v) is 1.67. The molecule has 0 N–H and O–H groups in total. The van der Waals surface area contributed by atoms with E-state index in [0.717, 1.165) is 10.6 Å². The molecule has 15 heavy (non-hydrogen) atoms. The number of hydrogen-bond donors (Lipinski definition) is 0. The van der Waals surface area contributed by atoms with Crippen LogP contribution in [0.15, 0.2) is 53.4 Å². The maximum atomic E-state index is 5.53. The first-order chi connectivity index (χ1) is 7.34. The lowest BCUT2D eigenvalue weighted by atomic mass is 10.2. The number of hydrogen-bond acceptors (Lipinski definition) is 2. The third-order valence-corrected chi connectivity index (χ3v) is 2.68. The third kappa shape index (κ3) is 3.03. The first kappa shape index (κ1) is 10.1. The fourth-order valence-electron chi connectivity index (χ4n) is 1.12. The quantitative estimate of drug-likeness (QED) is 0.718. The highest BCUT2D eigenvalue weighted by molar-refractivity contribution is 7.95. The Morgan fingerprint density at radius 2 is 1.67 bits per heavy atom. The molecule has 0 spiro atoms. The van der Waals surface area contributed by atoms with Gasteiger partial charge in [0.1, 0.15) is 5.75 Å². The molecular weight excluding hydrogens is 204 g/mol. The van der Waals surface area contributed by atoms with Crippen molar-refractivity contribution in [1.29, 1.82) is 0 Å². The lowest BCUT2D eigenvalue weighted by Gasteiger charge is -2.03. The molecule has 1 radical (unpaired) electrons. The molecule has 2 rings (SSSR count). The molecule has 0 aliphatic carbocycles. The van der Waals surface area contributed by atoms with Crippen LogP contribution in [-0.4, -0.2) is 0 Å². The summed E-state index contributed by atoms with van der Waals surface area (Å²) in [7, 11) is 0. The van der Waals surface area contributed by atoms with Crippen LogP contribution in [0.4, 0.5) is 0 Å². The van der Waals surface area contributed by atoms with Crippen molar-refractivity contribution in [3.63, 3.8) is 0 Å². The molecule has 1 nitrogen and oxygen atoms in total. The maximum Gasteiger partial charge on any atom is 0.137 e. The summed E-state index contributed by atoms with van der Waals surface area (Å²) < 4.78 is 5.53. The molecule has 0 unspecified atom stereocenters. The van der Waals surface area contributed by atoms with E-state index in [1.54, 1.807) is 0 Å². The average molecular weight is 215 g/mol. The number of rotatable bonds is 3. The van der Waals surface area contributed by atoms with E-state index in [4.69, 9.17) is 4.18 Å². The summed E-state index contributed by atoms with van der Waals surface area (Å²) in [5.74, 6) is 0.847. The van der Waals surface area contributed by atoms with Gasteiger partial charge in [-0.05, 0) is 37.3 Å².